The van der Waals surface area contributed by atoms with Crippen molar-refractivity contribution in [2.24, 2.45) is 4.99 Å². The van der Waals surface area contributed by atoms with E-state index in [0.29, 0.717) is 12.5 Å². The first kappa shape index (κ1) is 21.7. The summed E-state index contributed by atoms with van der Waals surface area (Å²) in [6.45, 7) is 4.83. The minimum atomic E-state index is -3.84. The summed E-state index contributed by atoms with van der Waals surface area (Å²) in [6.07, 6.45) is 0. The Bertz CT molecular complexity index is 971. The molecule has 0 aliphatic carbocycles. The SMILES string of the molecule is CN=C(NCCNS(=O)(=O)c1cccc([N+](=O)[O-])c1)NCc1sc(C)nc1C. The second kappa shape index (κ2) is 9.57. The molecule has 0 aliphatic rings. The lowest BCUT2D eigenvalue weighted by Gasteiger charge is -2.12. The first-order valence-electron chi connectivity index (χ1n) is 8.34. The van der Waals surface area contributed by atoms with Gasteiger partial charge in [-0.3, -0.25) is 15.1 Å². The number of guanidine groups is 1. The topological polar surface area (TPSA) is 139 Å². The number of nitro benzene ring substituents is 1. The molecule has 2 aromatic rings. The molecule has 0 radical (unpaired) electrons. The van der Waals surface area contributed by atoms with Gasteiger partial charge in [0, 0.05) is 37.1 Å². The number of hydrogen-bond donors (Lipinski definition) is 3. The van der Waals surface area contributed by atoms with Crippen LogP contribution in [-0.4, -0.2) is 44.4 Å². The number of sulfonamides is 1. The van der Waals surface area contributed by atoms with Crippen LogP contribution in [0.25, 0.3) is 0 Å². The maximum Gasteiger partial charge on any atom is 0.270 e. The fraction of sp³-hybridized carbons (Fsp3) is 0.375. The van der Waals surface area contributed by atoms with Gasteiger partial charge in [0.2, 0.25) is 10.0 Å². The van der Waals surface area contributed by atoms with Gasteiger partial charge in [-0.25, -0.2) is 18.1 Å². The summed E-state index contributed by atoms with van der Waals surface area (Å²) < 4.78 is 26.9. The number of benzene rings is 1. The van der Waals surface area contributed by atoms with Gasteiger partial charge >= 0.3 is 0 Å². The first-order valence-corrected chi connectivity index (χ1v) is 10.6. The van der Waals surface area contributed by atoms with E-state index in [-0.39, 0.29) is 23.7 Å². The monoisotopic (exact) mass is 426 g/mol. The summed E-state index contributed by atoms with van der Waals surface area (Å²) >= 11 is 1.60. The van der Waals surface area contributed by atoms with Crippen LogP contribution in [0.15, 0.2) is 34.2 Å². The molecule has 0 fully saturated rings. The predicted octanol–water partition coefficient (Wildman–Crippen LogP) is 1.31. The second-order valence-electron chi connectivity index (χ2n) is 5.75. The lowest BCUT2D eigenvalue weighted by atomic mass is 10.3. The molecule has 0 aliphatic heterocycles. The summed E-state index contributed by atoms with van der Waals surface area (Å²) in [7, 11) is -2.22. The molecule has 0 amide bonds. The van der Waals surface area contributed by atoms with Crippen LogP contribution in [0.2, 0.25) is 0 Å². The van der Waals surface area contributed by atoms with Gasteiger partial charge in [0.05, 0.1) is 27.1 Å². The van der Waals surface area contributed by atoms with Crippen molar-refractivity contribution in [1.29, 1.82) is 0 Å². The fourth-order valence-corrected chi connectivity index (χ4v) is 4.28. The smallest absolute Gasteiger partial charge is 0.270 e. The number of thiazole rings is 1. The number of nitro groups is 1. The molecule has 152 valence electrons. The van der Waals surface area contributed by atoms with E-state index in [1.165, 1.54) is 18.2 Å². The Morgan fingerprint density at radius 1 is 1.29 bits per heavy atom. The van der Waals surface area contributed by atoms with Gasteiger partial charge in [-0.1, -0.05) is 6.07 Å². The summed E-state index contributed by atoms with van der Waals surface area (Å²) in [5.41, 5.74) is 0.689. The van der Waals surface area contributed by atoms with E-state index in [0.717, 1.165) is 21.6 Å². The van der Waals surface area contributed by atoms with Crippen LogP contribution in [0.3, 0.4) is 0 Å². The van der Waals surface area contributed by atoms with E-state index < -0.39 is 14.9 Å². The summed E-state index contributed by atoms with van der Waals surface area (Å²) in [6, 6.07) is 4.90. The van der Waals surface area contributed by atoms with Crippen LogP contribution >= 0.6 is 11.3 Å². The number of hydrogen-bond acceptors (Lipinski definition) is 7. The molecule has 2 rings (SSSR count). The maximum atomic E-state index is 12.3. The van der Waals surface area contributed by atoms with E-state index in [1.54, 1.807) is 18.4 Å². The number of nitrogens with zero attached hydrogens (tertiary/aromatic N) is 3. The molecule has 1 heterocycles. The average Bonchev–Trinajstić information content (AvgIpc) is 2.98. The number of nitrogens with one attached hydrogen (secondary N) is 3. The largest absolute Gasteiger partial charge is 0.355 e. The minimum Gasteiger partial charge on any atom is -0.355 e. The van der Waals surface area contributed by atoms with Crippen molar-refractivity contribution in [1.82, 2.24) is 20.3 Å². The van der Waals surface area contributed by atoms with Crippen molar-refractivity contribution < 1.29 is 13.3 Å². The number of non-ortho nitro benzene ring substituents is 1. The third-order valence-corrected chi connectivity index (χ3v) is 6.22. The first-order chi connectivity index (χ1) is 13.2. The summed E-state index contributed by atoms with van der Waals surface area (Å²) in [5, 5.41) is 17.9. The molecule has 0 bridgehead atoms. The van der Waals surface area contributed by atoms with Crippen molar-refractivity contribution in [3.8, 4) is 0 Å². The van der Waals surface area contributed by atoms with Crippen molar-refractivity contribution >= 4 is 33.0 Å². The molecule has 0 spiro atoms. The van der Waals surface area contributed by atoms with Crippen LogP contribution in [-0.2, 0) is 16.6 Å². The van der Waals surface area contributed by atoms with Crippen molar-refractivity contribution in [3.63, 3.8) is 0 Å². The van der Waals surface area contributed by atoms with Gasteiger partial charge in [-0.05, 0) is 19.9 Å². The molecule has 28 heavy (non-hydrogen) atoms. The van der Waals surface area contributed by atoms with E-state index in [9.17, 15) is 18.5 Å². The van der Waals surface area contributed by atoms with Gasteiger partial charge in [0.1, 0.15) is 0 Å². The van der Waals surface area contributed by atoms with Gasteiger partial charge in [-0.2, -0.15) is 0 Å². The van der Waals surface area contributed by atoms with Crippen molar-refractivity contribution in [2.75, 3.05) is 20.1 Å². The highest BCUT2D eigenvalue weighted by molar-refractivity contribution is 7.89. The molecule has 12 heteroatoms. The quantitative estimate of drug-likeness (QED) is 0.190. The van der Waals surface area contributed by atoms with Crippen LogP contribution in [0.1, 0.15) is 15.6 Å². The molecule has 0 saturated heterocycles. The molecule has 1 aromatic carbocycles. The van der Waals surface area contributed by atoms with Crippen LogP contribution < -0.4 is 15.4 Å². The second-order valence-corrected chi connectivity index (χ2v) is 8.80. The van der Waals surface area contributed by atoms with Crippen molar-refractivity contribution in [3.05, 3.63) is 50.0 Å². The highest BCUT2D eigenvalue weighted by Gasteiger charge is 2.17. The van der Waals surface area contributed by atoms with Crippen LogP contribution in [0.4, 0.5) is 5.69 Å². The third-order valence-electron chi connectivity index (χ3n) is 3.69. The van der Waals surface area contributed by atoms with Crippen LogP contribution in [0, 0.1) is 24.0 Å². The summed E-state index contributed by atoms with van der Waals surface area (Å²) in [4.78, 5) is 19.6. The highest BCUT2D eigenvalue weighted by atomic mass is 32.2. The Labute approximate surface area is 167 Å². The standard InChI is InChI=1S/C16H22N6O4S2/c1-11-15(27-12(2)21-11)10-19-16(17-3)18-7-8-20-28(25,26)14-6-4-5-13(9-14)22(23)24/h4-6,9,20H,7-8,10H2,1-3H3,(H2,17,18,19). The Balaban J connectivity index is 1.84. The van der Waals surface area contributed by atoms with Crippen LogP contribution in [0.5, 0.6) is 0 Å². The zero-order valence-corrected chi connectivity index (χ0v) is 17.4. The Kier molecular flexibility index (Phi) is 7.43. The Hall–Kier alpha value is -2.57. The maximum absolute atomic E-state index is 12.3. The number of aromatic nitrogens is 1. The van der Waals surface area contributed by atoms with E-state index in [1.807, 2.05) is 13.8 Å². The number of aryl methyl sites for hydroxylation is 2. The molecule has 3 N–H and O–H groups in total. The summed E-state index contributed by atoms with van der Waals surface area (Å²) in [5.74, 6) is 0.528. The molecule has 10 nitrogen and oxygen atoms in total. The van der Waals surface area contributed by atoms with E-state index >= 15 is 0 Å². The lowest BCUT2D eigenvalue weighted by Crippen LogP contribution is -2.41. The third kappa shape index (κ3) is 5.97. The van der Waals surface area contributed by atoms with E-state index in [4.69, 9.17) is 0 Å². The van der Waals surface area contributed by atoms with E-state index in [2.05, 4.69) is 25.3 Å². The number of rotatable bonds is 8. The van der Waals surface area contributed by atoms with Gasteiger partial charge in [0.25, 0.3) is 5.69 Å². The predicted molar refractivity (Wildman–Crippen MR) is 108 cm³/mol. The molecule has 0 unspecified atom stereocenters. The molecule has 1 aromatic heterocycles. The molecular formula is C16H22N6O4S2. The van der Waals surface area contributed by atoms with Gasteiger partial charge < -0.3 is 10.6 Å². The molecular weight excluding hydrogens is 404 g/mol. The fourth-order valence-electron chi connectivity index (χ4n) is 2.34. The Morgan fingerprint density at radius 3 is 2.64 bits per heavy atom. The highest BCUT2D eigenvalue weighted by Crippen LogP contribution is 2.17. The molecule has 0 saturated carbocycles. The molecule has 0 atom stereocenters. The Morgan fingerprint density at radius 2 is 2.04 bits per heavy atom. The average molecular weight is 427 g/mol. The minimum absolute atomic E-state index is 0.0877. The normalized spacial score (nSPS) is 12.0. The zero-order valence-electron chi connectivity index (χ0n) is 15.7. The lowest BCUT2D eigenvalue weighted by molar-refractivity contribution is -0.385. The number of aliphatic imine (C=N–C) groups is 1. The van der Waals surface area contributed by atoms with Gasteiger partial charge in [0.15, 0.2) is 5.96 Å². The zero-order chi connectivity index (χ0) is 20.7. The van der Waals surface area contributed by atoms with Crippen molar-refractivity contribution in [2.45, 2.75) is 25.3 Å². The van der Waals surface area contributed by atoms with Gasteiger partial charge in [-0.15, -0.1) is 11.3 Å².